The molecular weight excluding hydrogens is 402 g/mol. The van der Waals surface area contributed by atoms with Crippen LogP contribution in [0.2, 0.25) is 0 Å². The standard InChI is InChI=1S/C22H19N3O4S/c23-15-19-8-4-9-20(14-19)24-22(26)17-25(16-21-10-5-12-29-21)30(27,28)13-11-18-6-2-1-3-7-18/h1-14H,16-17H2,(H,24,26)/b13-11+. The van der Waals surface area contributed by atoms with Crippen molar-refractivity contribution in [3.05, 3.63) is 95.3 Å². The zero-order chi connectivity index (χ0) is 21.4. The Morgan fingerprint density at radius 1 is 1.10 bits per heavy atom. The molecule has 0 aliphatic rings. The molecule has 7 nitrogen and oxygen atoms in total. The number of nitriles is 1. The highest BCUT2D eigenvalue weighted by molar-refractivity contribution is 7.92. The van der Waals surface area contributed by atoms with E-state index in [9.17, 15) is 13.2 Å². The van der Waals surface area contributed by atoms with Gasteiger partial charge >= 0.3 is 0 Å². The van der Waals surface area contributed by atoms with Gasteiger partial charge in [-0.3, -0.25) is 4.79 Å². The van der Waals surface area contributed by atoms with Gasteiger partial charge in [0.2, 0.25) is 15.9 Å². The van der Waals surface area contributed by atoms with Gasteiger partial charge in [0.25, 0.3) is 0 Å². The minimum Gasteiger partial charge on any atom is -0.468 e. The molecule has 1 N–H and O–H groups in total. The van der Waals surface area contributed by atoms with Crippen LogP contribution < -0.4 is 5.32 Å². The van der Waals surface area contributed by atoms with E-state index in [-0.39, 0.29) is 6.54 Å². The lowest BCUT2D eigenvalue weighted by Gasteiger charge is -2.19. The van der Waals surface area contributed by atoms with E-state index in [1.54, 1.807) is 54.6 Å². The summed E-state index contributed by atoms with van der Waals surface area (Å²) in [6.07, 6.45) is 2.91. The summed E-state index contributed by atoms with van der Waals surface area (Å²) >= 11 is 0. The lowest BCUT2D eigenvalue weighted by atomic mass is 10.2. The molecule has 0 aliphatic carbocycles. The van der Waals surface area contributed by atoms with E-state index in [2.05, 4.69) is 5.32 Å². The highest BCUT2D eigenvalue weighted by atomic mass is 32.2. The first-order valence-corrected chi connectivity index (χ1v) is 10.5. The van der Waals surface area contributed by atoms with E-state index in [4.69, 9.17) is 9.68 Å². The first kappa shape index (κ1) is 21.0. The van der Waals surface area contributed by atoms with Crippen LogP contribution in [0.4, 0.5) is 5.69 Å². The van der Waals surface area contributed by atoms with E-state index in [1.807, 2.05) is 12.1 Å². The number of carbonyl (C=O) groups excluding carboxylic acids is 1. The molecule has 0 spiro atoms. The molecule has 1 amide bonds. The lowest BCUT2D eigenvalue weighted by Crippen LogP contribution is -2.36. The van der Waals surface area contributed by atoms with Crippen LogP contribution in [-0.4, -0.2) is 25.2 Å². The molecule has 3 rings (SSSR count). The predicted molar refractivity (Wildman–Crippen MR) is 113 cm³/mol. The second-order valence-electron chi connectivity index (χ2n) is 6.35. The van der Waals surface area contributed by atoms with Crippen LogP contribution in [0, 0.1) is 11.3 Å². The molecule has 30 heavy (non-hydrogen) atoms. The van der Waals surface area contributed by atoms with Crippen molar-refractivity contribution in [1.82, 2.24) is 4.31 Å². The Balaban J connectivity index is 1.78. The van der Waals surface area contributed by atoms with Crippen LogP contribution in [0.3, 0.4) is 0 Å². The van der Waals surface area contributed by atoms with Crippen molar-refractivity contribution in [2.75, 3.05) is 11.9 Å². The van der Waals surface area contributed by atoms with Crippen LogP contribution in [0.25, 0.3) is 6.08 Å². The number of benzene rings is 2. The smallest absolute Gasteiger partial charge is 0.239 e. The predicted octanol–water partition coefficient (Wildman–Crippen LogP) is 3.59. The summed E-state index contributed by atoms with van der Waals surface area (Å²) < 4.78 is 32.1. The zero-order valence-electron chi connectivity index (χ0n) is 15.9. The molecule has 0 bridgehead atoms. The van der Waals surface area contributed by atoms with Crippen LogP contribution in [0.5, 0.6) is 0 Å². The Labute approximate surface area is 174 Å². The molecule has 0 radical (unpaired) electrons. The summed E-state index contributed by atoms with van der Waals surface area (Å²) in [5, 5.41) is 12.7. The van der Waals surface area contributed by atoms with Crippen molar-refractivity contribution < 1.29 is 17.6 Å². The highest BCUT2D eigenvalue weighted by Gasteiger charge is 2.24. The Morgan fingerprint density at radius 2 is 1.90 bits per heavy atom. The molecule has 0 saturated heterocycles. The van der Waals surface area contributed by atoms with Gasteiger partial charge in [-0.1, -0.05) is 36.4 Å². The van der Waals surface area contributed by atoms with Crippen molar-refractivity contribution in [2.24, 2.45) is 0 Å². The minimum absolute atomic E-state index is 0.0971. The summed E-state index contributed by atoms with van der Waals surface area (Å²) in [6, 6.07) is 20.6. The number of rotatable bonds is 8. The molecule has 0 atom stereocenters. The molecule has 1 heterocycles. The molecule has 2 aromatic carbocycles. The number of amides is 1. The maximum Gasteiger partial charge on any atom is 0.239 e. The molecule has 3 aromatic rings. The monoisotopic (exact) mass is 421 g/mol. The number of furan rings is 1. The normalized spacial score (nSPS) is 11.5. The molecule has 0 aliphatic heterocycles. The number of nitrogens with zero attached hydrogens (tertiary/aromatic N) is 2. The first-order valence-electron chi connectivity index (χ1n) is 9.02. The summed E-state index contributed by atoms with van der Waals surface area (Å²) in [5.41, 5.74) is 1.52. The number of hydrogen-bond donors (Lipinski definition) is 1. The van der Waals surface area contributed by atoms with Crippen molar-refractivity contribution in [2.45, 2.75) is 6.54 Å². The second-order valence-corrected chi connectivity index (χ2v) is 8.17. The van der Waals surface area contributed by atoms with Crippen LogP contribution >= 0.6 is 0 Å². The maximum absolute atomic E-state index is 12.9. The van der Waals surface area contributed by atoms with E-state index >= 15 is 0 Å². The maximum atomic E-state index is 12.9. The Morgan fingerprint density at radius 3 is 2.60 bits per heavy atom. The van der Waals surface area contributed by atoms with Crippen LogP contribution in [0.15, 0.2) is 82.8 Å². The van der Waals surface area contributed by atoms with Gasteiger partial charge in [-0.2, -0.15) is 9.57 Å². The van der Waals surface area contributed by atoms with Gasteiger partial charge in [-0.15, -0.1) is 0 Å². The van der Waals surface area contributed by atoms with Crippen molar-refractivity contribution >= 4 is 27.7 Å². The number of carbonyl (C=O) groups is 1. The topological polar surface area (TPSA) is 103 Å². The quantitative estimate of drug-likeness (QED) is 0.599. The summed E-state index contributed by atoms with van der Waals surface area (Å²) in [7, 11) is -3.92. The van der Waals surface area contributed by atoms with Gasteiger partial charge < -0.3 is 9.73 Å². The zero-order valence-corrected chi connectivity index (χ0v) is 16.7. The van der Waals surface area contributed by atoms with Crippen molar-refractivity contribution in [3.63, 3.8) is 0 Å². The van der Waals surface area contributed by atoms with E-state index in [0.29, 0.717) is 17.0 Å². The lowest BCUT2D eigenvalue weighted by molar-refractivity contribution is -0.116. The number of anilines is 1. The van der Waals surface area contributed by atoms with Crippen LogP contribution in [-0.2, 0) is 21.4 Å². The van der Waals surface area contributed by atoms with Gasteiger partial charge in [0, 0.05) is 11.1 Å². The fraction of sp³-hybridized carbons (Fsp3) is 0.0909. The molecule has 0 fully saturated rings. The Hall–Kier alpha value is -3.67. The minimum atomic E-state index is -3.92. The summed E-state index contributed by atoms with van der Waals surface area (Å²) in [4.78, 5) is 12.5. The van der Waals surface area contributed by atoms with Gasteiger partial charge in [-0.25, -0.2) is 8.42 Å². The van der Waals surface area contributed by atoms with Crippen molar-refractivity contribution in [1.29, 1.82) is 5.26 Å². The number of hydrogen-bond acceptors (Lipinski definition) is 5. The van der Waals surface area contributed by atoms with E-state index in [0.717, 1.165) is 15.3 Å². The average Bonchev–Trinajstić information content (AvgIpc) is 3.26. The number of nitrogens with one attached hydrogen (secondary N) is 1. The molecule has 0 unspecified atom stereocenters. The average molecular weight is 421 g/mol. The van der Waals surface area contributed by atoms with Crippen molar-refractivity contribution in [3.8, 4) is 6.07 Å². The van der Waals surface area contributed by atoms with Crippen LogP contribution in [0.1, 0.15) is 16.9 Å². The van der Waals surface area contributed by atoms with Gasteiger partial charge in [0.1, 0.15) is 5.76 Å². The number of sulfonamides is 1. The molecule has 8 heteroatoms. The Kier molecular flexibility index (Phi) is 6.80. The third-order valence-corrected chi connectivity index (χ3v) is 5.56. The molecular formula is C22H19N3O4S. The first-order chi connectivity index (χ1) is 14.5. The van der Waals surface area contributed by atoms with Gasteiger partial charge in [0.15, 0.2) is 0 Å². The fourth-order valence-corrected chi connectivity index (χ4v) is 3.76. The van der Waals surface area contributed by atoms with E-state index in [1.165, 1.54) is 18.4 Å². The molecule has 0 saturated carbocycles. The Bertz CT molecular complexity index is 1160. The van der Waals surface area contributed by atoms with Gasteiger partial charge in [0.05, 0.1) is 31.0 Å². The molecule has 1 aromatic heterocycles. The third kappa shape index (κ3) is 5.91. The fourth-order valence-electron chi connectivity index (χ4n) is 2.65. The SMILES string of the molecule is N#Cc1cccc(NC(=O)CN(Cc2ccco2)S(=O)(=O)/C=C/c2ccccc2)c1. The largest absolute Gasteiger partial charge is 0.468 e. The highest BCUT2D eigenvalue weighted by Crippen LogP contribution is 2.15. The second kappa shape index (κ2) is 9.69. The van der Waals surface area contributed by atoms with E-state index < -0.39 is 22.5 Å². The molecule has 152 valence electrons. The summed E-state index contributed by atoms with van der Waals surface area (Å²) in [6.45, 7) is -0.515. The summed E-state index contributed by atoms with van der Waals surface area (Å²) in [5.74, 6) is -0.126. The van der Waals surface area contributed by atoms with Gasteiger partial charge in [-0.05, 0) is 42.0 Å². The third-order valence-electron chi connectivity index (χ3n) is 4.10.